The van der Waals surface area contributed by atoms with Crippen molar-refractivity contribution < 1.29 is 9.59 Å². The first-order valence-electron chi connectivity index (χ1n) is 9.16. The predicted molar refractivity (Wildman–Crippen MR) is 121 cm³/mol. The number of Topliss-reactive ketones (excluding diaryl/α,β-unsaturated/α-hetero) is 1. The molecule has 8 heteroatoms. The van der Waals surface area contributed by atoms with Gasteiger partial charge in [-0.05, 0) is 54.8 Å². The molecule has 1 amide bonds. The van der Waals surface area contributed by atoms with Gasteiger partial charge in [-0.2, -0.15) is 0 Å². The zero-order valence-corrected chi connectivity index (χ0v) is 17.2. The molecule has 0 aliphatic rings. The summed E-state index contributed by atoms with van der Waals surface area (Å²) in [4.78, 5) is 34.0. The van der Waals surface area contributed by atoms with Crippen LogP contribution in [0.25, 0.3) is 21.3 Å². The smallest absolute Gasteiger partial charge is 0.296 e. The van der Waals surface area contributed by atoms with Crippen LogP contribution in [0.1, 0.15) is 21.5 Å². The Labute approximate surface area is 176 Å². The Morgan fingerprint density at radius 1 is 1.03 bits per heavy atom. The zero-order valence-electron chi connectivity index (χ0n) is 16.4. The molecule has 2 aromatic heterocycles. The van der Waals surface area contributed by atoms with Gasteiger partial charge in [-0.1, -0.05) is 35.1 Å². The zero-order chi connectivity index (χ0) is 21.4. The van der Waals surface area contributed by atoms with E-state index >= 15 is 0 Å². The Hall–Kier alpha value is -3.78. The molecule has 0 aliphatic carbocycles. The third kappa shape index (κ3) is 3.72. The predicted octanol–water partition coefficient (Wildman–Crippen LogP) is 3.96. The normalized spacial score (nSPS) is 10.9. The molecule has 0 fully saturated rings. The maximum Gasteiger partial charge on any atom is 0.296 e. The lowest BCUT2D eigenvalue weighted by molar-refractivity contribution is -0.112. The Bertz CT molecular complexity index is 1310. The largest absolute Gasteiger partial charge is 0.383 e. The van der Waals surface area contributed by atoms with Crippen LogP contribution < -0.4 is 16.8 Å². The molecule has 0 aliphatic heterocycles. The molecule has 0 bridgehead atoms. The summed E-state index contributed by atoms with van der Waals surface area (Å²) in [6.45, 7) is 3.65. The number of pyridine rings is 1. The molecule has 5 N–H and O–H groups in total. The van der Waals surface area contributed by atoms with E-state index in [1.165, 1.54) is 17.5 Å². The van der Waals surface area contributed by atoms with Crippen LogP contribution in [-0.4, -0.2) is 21.7 Å². The van der Waals surface area contributed by atoms with Gasteiger partial charge in [-0.15, -0.1) is 0 Å². The highest BCUT2D eigenvalue weighted by Gasteiger charge is 2.21. The van der Waals surface area contributed by atoms with Crippen LogP contribution in [0.15, 0.2) is 48.7 Å². The lowest BCUT2D eigenvalue weighted by Gasteiger charge is -2.11. The van der Waals surface area contributed by atoms with Crippen molar-refractivity contribution in [1.29, 1.82) is 0 Å². The second-order valence-corrected chi connectivity index (χ2v) is 8.06. The van der Waals surface area contributed by atoms with Crippen molar-refractivity contribution in [2.45, 2.75) is 13.8 Å². The van der Waals surface area contributed by atoms with Crippen LogP contribution in [0.3, 0.4) is 0 Å². The summed E-state index contributed by atoms with van der Waals surface area (Å²) in [5, 5.41) is 3.09. The van der Waals surface area contributed by atoms with E-state index in [9.17, 15) is 9.59 Å². The number of benzene rings is 2. The first-order chi connectivity index (χ1) is 14.3. The lowest BCUT2D eigenvalue weighted by atomic mass is 9.94. The van der Waals surface area contributed by atoms with Gasteiger partial charge in [0.05, 0.1) is 22.1 Å². The van der Waals surface area contributed by atoms with E-state index in [2.05, 4.69) is 15.3 Å². The monoisotopic (exact) mass is 417 g/mol. The molecule has 2 heterocycles. The molecule has 2 aromatic carbocycles. The number of carbonyl (C=O) groups is 2. The van der Waals surface area contributed by atoms with Crippen molar-refractivity contribution >= 4 is 49.9 Å². The summed E-state index contributed by atoms with van der Waals surface area (Å²) in [6.07, 6.45) is 1.42. The van der Waals surface area contributed by atoms with Crippen LogP contribution in [0.4, 0.5) is 16.6 Å². The molecule has 4 aromatic rings. The van der Waals surface area contributed by atoms with E-state index < -0.39 is 11.7 Å². The second-order valence-electron chi connectivity index (χ2n) is 6.99. The number of ketones is 1. The van der Waals surface area contributed by atoms with Gasteiger partial charge in [0, 0.05) is 5.56 Å². The number of fused-ring (bicyclic) bond motifs is 1. The fraction of sp³-hybridized carbons (Fsp3) is 0.0909. The van der Waals surface area contributed by atoms with Crippen LogP contribution in [-0.2, 0) is 4.79 Å². The quantitative estimate of drug-likeness (QED) is 0.341. The van der Waals surface area contributed by atoms with Crippen LogP contribution in [0.2, 0.25) is 0 Å². The van der Waals surface area contributed by atoms with Crippen LogP contribution in [0, 0.1) is 13.8 Å². The van der Waals surface area contributed by atoms with Gasteiger partial charge in [0.15, 0.2) is 5.13 Å². The summed E-state index contributed by atoms with van der Waals surface area (Å²) in [6, 6.07) is 12.8. The number of carbonyl (C=O) groups excluding carboxylic acids is 2. The Kier molecular flexibility index (Phi) is 4.93. The third-order valence-electron chi connectivity index (χ3n) is 4.72. The molecule has 0 unspecified atom stereocenters. The maximum atomic E-state index is 13.0. The number of aromatic nitrogens is 2. The van der Waals surface area contributed by atoms with Gasteiger partial charge in [-0.25, -0.2) is 9.97 Å². The molecule has 0 radical (unpaired) electrons. The SMILES string of the molecule is Cc1ccc(-c2ccc3sc(N)nc3c2)c(C(=O)C(=O)Nc2cnc(N)c(C)c2)c1. The second kappa shape index (κ2) is 7.57. The van der Waals surface area contributed by atoms with Gasteiger partial charge in [0.25, 0.3) is 11.7 Å². The van der Waals surface area contributed by atoms with E-state index in [0.29, 0.717) is 33.3 Å². The summed E-state index contributed by atoms with van der Waals surface area (Å²) >= 11 is 1.40. The number of nitrogens with zero attached hydrogens (tertiary/aromatic N) is 2. The number of nitrogen functional groups attached to an aromatic ring is 2. The standard InChI is InChI=1S/C22H19N5O2S/c1-11-3-5-15(13-4-6-18-17(9-13)27-22(24)30-18)16(7-11)19(28)21(29)26-14-8-12(2)20(23)25-10-14/h3-10H,1-2H3,(H2,23,25)(H2,24,27)(H,26,29). The summed E-state index contributed by atoms with van der Waals surface area (Å²) in [5.74, 6) is -1.01. The van der Waals surface area contributed by atoms with Gasteiger partial charge in [0.2, 0.25) is 0 Å². The number of hydrogen-bond donors (Lipinski definition) is 3. The highest BCUT2D eigenvalue weighted by molar-refractivity contribution is 7.22. The summed E-state index contributed by atoms with van der Waals surface area (Å²) in [7, 11) is 0. The minimum atomic E-state index is -0.744. The van der Waals surface area contributed by atoms with E-state index in [4.69, 9.17) is 11.5 Å². The fourth-order valence-electron chi connectivity index (χ4n) is 3.17. The number of thiazole rings is 1. The third-order valence-corrected chi connectivity index (χ3v) is 5.58. The number of aryl methyl sites for hydroxylation is 2. The van der Waals surface area contributed by atoms with E-state index in [0.717, 1.165) is 21.3 Å². The van der Waals surface area contributed by atoms with Crippen molar-refractivity contribution in [3.8, 4) is 11.1 Å². The van der Waals surface area contributed by atoms with Gasteiger partial charge in [0.1, 0.15) is 5.82 Å². The molecule has 150 valence electrons. The van der Waals surface area contributed by atoms with Crippen LogP contribution >= 0.6 is 11.3 Å². The fourth-order valence-corrected chi connectivity index (χ4v) is 3.89. The first-order valence-corrected chi connectivity index (χ1v) is 9.98. The highest BCUT2D eigenvalue weighted by Crippen LogP contribution is 2.31. The van der Waals surface area contributed by atoms with Crippen LogP contribution in [0.5, 0.6) is 0 Å². The Morgan fingerprint density at radius 3 is 2.60 bits per heavy atom. The Balaban J connectivity index is 1.70. The average Bonchev–Trinajstić information content (AvgIpc) is 3.09. The highest BCUT2D eigenvalue weighted by atomic mass is 32.1. The average molecular weight is 417 g/mol. The molecule has 0 spiro atoms. The number of anilines is 3. The molecular weight excluding hydrogens is 398 g/mol. The molecular formula is C22H19N5O2S. The van der Waals surface area contributed by atoms with Crippen molar-refractivity contribution in [2.24, 2.45) is 0 Å². The minimum absolute atomic E-state index is 0.315. The molecule has 0 saturated carbocycles. The van der Waals surface area contributed by atoms with Crippen molar-refractivity contribution in [3.63, 3.8) is 0 Å². The lowest BCUT2D eigenvalue weighted by Crippen LogP contribution is -2.23. The molecule has 4 rings (SSSR count). The van der Waals surface area contributed by atoms with Gasteiger partial charge < -0.3 is 16.8 Å². The number of rotatable bonds is 4. The Morgan fingerprint density at radius 2 is 1.83 bits per heavy atom. The number of nitrogens with one attached hydrogen (secondary N) is 1. The van der Waals surface area contributed by atoms with Gasteiger partial charge >= 0.3 is 0 Å². The minimum Gasteiger partial charge on any atom is -0.383 e. The molecule has 7 nitrogen and oxygen atoms in total. The molecule has 30 heavy (non-hydrogen) atoms. The number of hydrogen-bond acceptors (Lipinski definition) is 7. The molecule has 0 saturated heterocycles. The van der Waals surface area contributed by atoms with Gasteiger partial charge in [-0.3, -0.25) is 9.59 Å². The summed E-state index contributed by atoms with van der Waals surface area (Å²) < 4.78 is 0.959. The van der Waals surface area contributed by atoms with E-state index in [1.54, 1.807) is 19.1 Å². The first kappa shape index (κ1) is 19.5. The number of amides is 1. The molecule has 0 atom stereocenters. The van der Waals surface area contributed by atoms with Crippen molar-refractivity contribution in [3.05, 3.63) is 65.4 Å². The van der Waals surface area contributed by atoms with Crippen molar-refractivity contribution in [1.82, 2.24) is 9.97 Å². The van der Waals surface area contributed by atoms with E-state index in [-0.39, 0.29) is 0 Å². The topological polar surface area (TPSA) is 124 Å². The van der Waals surface area contributed by atoms with Crippen molar-refractivity contribution in [2.75, 3.05) is 16.8 Å². The summed E-state index contributed by atoms with van der Waals surface area (Å²) in [5.41, 5.74) is 16.0. The number of nitrogens with two attached hydrogens (primary N) is 2. The maximum absolute atomic E-state index is 13.0. The van der Waals surface area contributed by atoms with E-state index in [1.807, 2.05) is 37.3 Å².